The standard InChI is InChI=1S/C29H31N3O5/c1-35-20-15-19(16-21(18-20)36-2)17-23-22-5-3-4-6-24(22)30-25-7-8-26(29(34)28(23)25)31-27(33)9-10-32-11-13-37-14-12-32/h3-8,15-16,18,26H,9-14,17H2,1-2H3,(H,31,33). The van der Waals surface area contributed by atoms with Crippen LogP contribution in [0.15, 0.2) is 48.5 Å². The fourth-order valence-electron chi connectivity index (χ4n) is 4.93. The van der Waals surface area contributed by atoms with Crippen molar-refractivity contribution in [3.05, 3.63) is 70.9 Å². The van der Waals surface area contributed by atoms with Crippen molar-refractivity contribution in [2.75, 3.05) is 47.1 Å². The number of morpholine rings is 1. The molecule has 0 saturated carbocycles. The lowest BCUT2D eigenvalue weighted by atomic mass is 9.87. The Hall–Kier alpha value is -3.75. The molecular formula is C29H31N3O5. The molecule has 2 aromatic carbocycles. The first-order chi connectivity index (χ1) is 18.1. The lowest BCUT2D eigenvalue weighted by molar-refractivity contribution is -0.121. The third kappa shape index (κ3) is 5.50. The second-order valence-corrected chi connectivity index (χ2v) is 9.24. The number of nitrogens with zero attached hydrogens (tertiary/aromatic N) is 2. The fourth-order valence-corrected chi connectivity index (χ4v) is 4.93. The Kier molecular flexibility index (Phi) is 7.48. The molecule has 1 aliphatic heterocycles. The quantitative estimate of drug-likeness (QED) is 0.507. The van der Waals surface area contributed by atoms with E-state index in [-0.39, 0.29) is 11.7 Å². The predicted octanol–water partition coefficient (Wildman–Crippen LogP) is 3.26. The van der Waals surface area contributed by atoms with E-state index in [1.165, 1.54) is 0 Å². The summed E-state index contributed by atoms with van der Waals surface area (Å²) in [5.74, 6) is 1.06. The van der Waals surface area contributed by atoms with Crippen LogP contribution in [0.1, 0.15) is 33.6 Å². The van der Waals surface area contributed by atoms with Gasteiger partial charge in [0, 0.05) is 43.1 Å². The maximum atomic E-state index is 13.8. The molecule has 37 heavy (non-hydrogen) atoms. The summed E-state index contributed by atoms with van der Waals surface area (Å²) in [5.41, 5.74) is 3.80. The zero-order valence-electron chi connectivity index (χ0n) is 21.2. The molecule has 5 rings (SSSR count). The Morgan fingerprint density at radius 1 is 1.11 bits per heavy atom. The molecule has 1 fully saturated rings. The summed E-state index contributed by atoms with van der Waals surface area (Å²) in [6, 6.07) is 12.8. The minimum atomic E-state index is -0.730. The van der Waals surface area contributed by atoms with Crippen molar-refractivity contribution < 1.29 is 23.8 Å². The number of carbonyl (C=O) groups excluding carboxylic acids is 2. The summed E-state index contributed by atoms with van der Waals surface area (Å²) in [6.07, 6.45) is 4.39. The van der Waals surface area contributed by atoms with Gasteiger partial charge >= 0.3 is 0 Å². The van der Waals surface area contributed by atoms with Crippen LogP contribution in [0.2, 0.25) is 0 Å². The number of carbonyl (C=O) groups is 2. The number of methoxy groups -OCH3 is 2. The monoisotopic (exact) mass is 501 g/mol. The summed E-state index contributed by atoms with van der Waals surface area (Å²) in [5, 5.41) is 3.83. The van der Waals surface area contributed by atoms with Crippen molar-refractivity contribution in [2.45, 2.75) is 18.9 Å². The highest BCUT2D eigenvalue weighted by Crippen LogP contribution is 2.32. The molecule has 1 atom stereocenters. The first-order valence-electron chi connectivity index (χ1n) is 12.5. The fraction of sp³-hybridized carbons (Fsp3) is 0.345. The van der Waals surface area contributed by atoms with Crippen LogP contribution in [0.3, 0.4) is 0 Å². The van der Waals surface area contributed by atoms with Crippen molar-refractivity contribution in [1.29, 1.82) is 0 Å². The zero-order chi connectivity index (χ0) is 25.8. The van der Waals surface area contributed by atoms with Crippen LogP contribution in [0.5, 0.6) is 11.5 Å². The van der Waals surface area contributed by atoms with Crippen LogP contribution in [0.4, 0.5) is 0 Å². The molecule has 8 nitrogen and oxygen atoms in total. The van der Waals surface area contributed by atoms with Gasteiger partial charge in [-0.3, -0.25) is 14.5 Å². The molecular weight excluding hydrogens is 470 g/mol. The maximum absolute atomic E-state index is 13.8. The molecule has 0 spiro atoms. The van der Waals surface area contributed by atoms with E-state index in [9.17, 15) is 9.59 Å². The third-order valence-electron chi connectivity index (χ3n) is 6.87. The Bertz CT molecular complexity index is 1320. The van der Waals surface area contributed by atoms with Crippen LogP contribution in [-0.2, 0) is 16.0 Å². The summed E-state index contributed by atoms with van der Waals surface area (Å²) in [6.45, 7) is 3.65. The van der Waals surface area contributed by atoms with Gasteiger partial charge in [-0.05, 0) is 41.8 Å². The second kappa shape index (κ2) is 11.1. The lowest BCUT2D eigenvalue weighted by Gasteiger charge is -2.27. The number of amides is 1. The van der Waals surface area contributed by atoms with Crippen LogP contribution >= 0.6 is 0 Å². The highest BCUT2D eigenvalue weighted by molar-refractivity contribution is 6.11. The Balaban J connectivity index is 1.44. The topological polar surface area (TPSA) is 90.0 Å². The van der Waals surface area contributed by atoms with Gasteiger partial charge in [0.2, 0.25) is 5.91 Å². The van der Waals surface area contributed by atoms with Crippen molar-refractivity contribution in [3.8, 4) is 11.5 Å². The smallest absolute Gasteiger partial charge is 0.222 e. The SMILES string of the molecule is COc1cc(Cc2c3c(nc4ccccc24)C=CC(NC(=O)CCN2CCOCC2)C3=O)cc(OC)c1. The van der Waals surface area contributed by atoms with E-state index >= 15 is 0 Å². The number of pyridine rings is 1. The van der Waals surface area contributed by atoms with E-state index < -0.39 is 6.04 Å². The molecule has 2 aliphatic rings. The summed E-state index contributed by atoms with van der Waals surface area (Å²) >= 11 is 0. The Morgan fingerprint density at radius 2 is 1.84 bits per heavy atom. The normalized spacial score (nSPS) is 17.5. The number of fused-ring (bicyclic) bond motifs is 2. The summed E-state index contributed by atoms with van der Waals surface area (Å²) in [4.78, 5) is 33.5. The first kappa shape index (κ1) is 24.9. The number of benzene rings is 2. The van der Waals surface area contributed by atoms with Crippen LogP contribution in [0, 0.1) is 0 Å². The molecule has 1 amide bonds. The average molecular weight is 502 g/mol. The van der Waals surface area contributed by atoms with E-state index in [1.54, 1.807) is 20.3 Å². The van der Waals surface area contributed by atoms with Gasteiger partial charge in [-0.1, -0.05) is 24.3 Å². The number of nitrogens with one attached hydrogen (secondary N) is 1. The average Bonchev–Trinajstić information content (AvgIpc) is 2.93. The van der Waals surface area contributed by atoms with Gasteiger partial charge in [0.1, 0.15) is 17.5 Å². The number of ketones is 1. The van der Waals surface area contributed by atoms with Crippen molar-refractivity contribution >= 4 is 28.7 Å². The van der Waals surface area contributed by atoms with Gasteiger partial charge in [-0.15, -0.1) is 0 Å². The molecule has 1 aromatic heterocycles. The highest BCUT2D eigenvalue weighted by Gasteiger charge is 2.30. The van der Waals surface area contributed by atoms with Crippen molar-refractivity contribution in [3.63, 3.8) is 0 Å². The first-order valence-corrected chi connectivity index (χ1v) is 12.5. The van der Waals surface area contributed by atoms with Gasteiger partial charge in [0.25, 0.3) is 0 Å². The lowest BCUT2D eigenvalue weighted by Crippen LogP contribution is -2.43. The molecule has 3 aromatic rings. The van der Waals surface area contributed by atoms with Gasteiger partial charge in [-0.2, -0.15) is 0 Å². The number of rotatable bonds is 8. The highest BCUT2D eigenvalue weighted by atomic mass is 16.5. The molecule has 0 bridgehead atoms. The van der Waals surface area contributed by atoms with Gasteiger partial charge in [0.05, 0.1) is 38.6 Å². The van der Waals surface area contributed by atoms with Gasteiger partial charge in [0.15, 0.2) is 5.78 Å². The molecule has 1 saturated heterocycles. The number of Topliss-reactive ketones (excluding diaryl/α,β-unsaturated/α-hetero) is 1. The van der Waals surface area contributed by atoms with Crippen LogP contribution in [0.25, 0.3) is 17.0 Å². The van der Waals surface area contributed by atoms with E-state index in [0.29, 0.717) is 55.4 Å². The minimum absolute atomic E-state index is 0.147. The largest absolute Gasteiger partial charge is 0.497 e. The molecule has 0 radical (unpaired) electrons. The zero-order valence-corrected chi connectivity index (χ0v) is 21.2. The molecule has 1 unspecified atom stereocenters. The molecule has 8 heteroatoms. The second-order valence-electron chi connectivity index (χ2n) is 9.24. The summed E-state index contributed by atoms with van der Waals surface area (Å²) < 4.78 is 16.3. The number of hydrogen-bond donors (Lipinski definition) is 1. The van der Waals surface area contributed by atoms with Crippen LogP contribution in [-0.4, -0.2) is 74.7 Å². The molecule has 2 heterocycles. The Labute approximate surface area is 216 Å². The Morgan fingerprint density at radius 3 is 2.57 bits per heavy atom. The maximum Gasteiger partial charge on any atom is 0.222 e. The van der Waals surface area contributed by atoms with E-state index in [4.69, 9.17) is 19.2 Å². The molecule has 1 aliphatic carbocycles. The minimum Gasteiger partial charge on any atom is -0.497 e. The van der Waals surface area contributed by atoms with E-state index in [0.717, 1.165) is 35.1 Å². The van der Waals surface area contributed by atoms with Crippen LogP contribution < -0.4 is 14.8 Å². The van der Waals surface area contributed by atoms with Gasteiger partial charge in [-0.25, -0.2) is 4.98 Å². The number of aromatic nitrogens is 1. The van der Waals surface area contributed by atoms with Crippen molar-refractivity contribution in [1.82, 2.24) is 15.2 Å². The number of hydrogen-bond acceptors (Lipinski definition) is 7. The molecule has 192 valence electrons. The van der Waals surface area contributed by atoms with E-state index in [1.807, 2.05) is 48.5 Å². The number of para-hydroxylation sites is 1. The number of ether oxygens (including phenoxy) is 3. The molecule has 1 N–H and O–H groups in total. The van der Waals surface area contributed by atoms with E-state index in [2.05, 4.69) is 10.2 Å². The summed E-state index contributed by atoms with van der Waals surface area (Å²) in [7, 11) is 3.23. The third-order valence-corrected chi connectivity index (χ3v) is 6.87. The van der Waals surface area contributed by atoms with Crippen molar-refractivity contribution in [2.24, 2.45) is 0 Å². The van der Waals surface area contributed by atoms with Gasteiger partial charge < -0.3 is 19.5 Å². The predicted molar refractivity (Wildman–Crippen MR) is 141 cm³/mol.